The monoisotopic (exact) mass is 287 g/mol. The smallest absolute Gasteiger partial charge is 0.292 e. The van der Waals surface area contributed by atoms with Crippen LogP contribution in [0.3, 0.4) is 0 Å². The van der Waals surface area contributed by atoms with Crippen LogP contribution in [0.2, 0.25) is 0 Å². The maximum atomic E-state index is 12.7. The van der Waals surface area contributed by atoms with Crippen LogP contribution < -0.4 is 9.80 Å². The van der Waals surface area contributed by atoms with Crippen molar-refractivity contribution >= 4 is 17.5 Å². The number of anilines is 1. The molecule has 1 aromatic carbocycles. The average Bonchev–Trinajstić information content (AvgIpc) is 2.74. The van der Waals surface area contributed by atoms with Crippen LogP contribution in [0.1, 0.15) is 26.7 Å². The normalized spacial score (nSPS) is 33.5. The van der Waals surface area contributed by atoms with Gasteiger partial charge in [0.15, 0.2) is 6.04 Å². The zero-order valence-electron chi connectivity index (χ0n) is 12.7. The first kappa shape index (κ1) is 14.3. The third-order valence-electron chi connectivity index (χ3n) is 4.68. The molecule has 2 aliphatic heterocycles. The number of rotatable bonds is 2. The van der Waals surface area contributed by atoms with Crippen molar-refractivity contribution in [1.29, 1.82) is 0 Å². The van der Waals surface area contributed by atoms with E-state index in [1.54, 1.807) is 0 Å². The molecule has 0 radical (unpaired) electrons. The van der Waals surface area contributed by atoms with Gasteiger partial charge in [0.25, 0.3) is 5.91 Å². The first-order valence-corrected chi connectivity index (χ1v) is 7.82. The van der Waals surface area contributed by atoms with Gasteiger partial charge in [0.1, 0.15) is 0 Å². The Hall–Kier alpha value is -1.68. The molecule has 21 heavy (non-hydrogen) atoms. The van der Waals surface area contributed by atoms with Crippen molar-refractivity contribution in [3.63, 3.8) is 0 Å². The molecule has 2 heterocycles. The molecule has 0 aromatic heterocycles. The van der Waals surface area contributed by atoms with Crippen molar-refractivity contribution in [3.8, 4) is 0 Å². The summed E-state index contributed by atoms with van der Waals surface area (Å²) in [5.74, 6) is 1.16. The van der Waals surface area contributed by atoms with Crippen molar-refractivity contribution < 1.29 is 14.5 Å². The van der Waals surface area contributed by atoms with E-state index in [0.29, 0.717) is 23.9 Å². The van der Waals surface area contributed by atoms with Gasteiger partial charge in [0.2, 0.25) is 5.91 Å². The fraction of sp³-hybridized carbons (Fsp3) is 0.529. The number of imide groups is 1. The predicted molar refractivity (Wildman–Crippen MR) is 81.0 cm³/mol. The zero-order valence-corrected chi connectivity index (χ0v) is 12.7. The Labute approximate surface area is 125 Å². The molecule has 3 atom stereocenters. The molecule has 2 saturated heterocycles. The fourth-order valence-electron chi connectivity index (χ4n) is 3.92. The summed E-state index contributed by atoms with van der Waals surface area (Å²) in [5.41, 5.74) is 0.701. The fourth-order valence-corrected chi connectivity index (χ4v) is 3.92. The molecular formula is C17H23N2O2+. The van der Waals surface area contributed by atoms with Crippen LogP contribution in [0.5, 0.6) is 0 Å². The first-order valence-electron chi connectivity index (χ1n) is 7.82. The number of amides is 2. The van der Waals surface area contributed by atoms with Gasteiger partial charge in [0.05, 0.1) is 25.2 Å². The van der Waals surface area contributed by atoms with Crippen LogP contribution in [0.4, 0.5) is 5.69 Å². The van der Waals surface area contributed by atoms with E-state index in [1.165, 1.54) is 16.2 Å². The van der Waals surface area contributed by atoms with Gasteiger partial charge in [-0.2, -0.15) is 0 Å². The molecule has 0 bridgehead atoms. The predicted octanol–water partition coefficient (Wildman–Crippen LogP) is 0.879. The Morgan fingerprint density at radius 3 is 2.29 bits per heavy atom. The number of hydrogen-bond donors (Lipinski definition) is 1. The van der Waals surface area contributed by atoms with E-state index in [9.17, 15) is 9.59 Å². The largest absolute Gasteiger partial charge is 0.324 e. The molecule has 1 aromatic rings. The number of hydrogen-bond acceptors (Lipinski definition) is 2. The van der Waals surface area contributed by atoms with Crippen LogP contribution in [-0.2, 0) is 9.59 Å². The highest BCUT2D eigenvalue weighted by molar-refractivity contribution is 6.21. The van der Waals surface area contributed by atoms with Crippen LogP contribution in [0.25, 0.3) is 0 Å². The summed E-state index contributed by atoms with van der Waals surface area (Å²) in [5, 5.41) is 0. The molecule has 0 spiro atoms. The summed E-state index contributed by atoms with van der Waals surface area (Å²) in [4.78, 5) is 27.7. The number of benzene rings is 1. The molecule has 4 heteroatoms. The van der Waals surface area contributed by atoms with E-state index >= 15 is 0 Å². The Morgan fingerprint density at radius 1 is 1.05 bits per heavy atom. The second-order valence-corrected chi connectivity index (χ2v) is 6.67. The van der Waals surface area contributed by atoms with E-state index < -0.39 is 0 Å². The molecule has 0 aliphatic carbocycles. The maximum absolute atomic E-state index is 12.7. The first-order chi connectivity index (χ1) is 10.1. The Bertz CT molecular complexity index is 533. The number of nitrogens with zero attached hydrogens (tertiary/aromatic N) is 1. The summed E-state index contributed by atoms with van der Waals surface area (Å²) in [6, 6.07) is 9.08. The van der Waals surface area contributed by atoms with Crippen molar-refractivity contribution in [1.82, 2.24) is 0 Å². The number of carbonyl (C=O) groups is 2. The van der Waals surface area contributed by atoms with Crippen molar-refractivity contribution in [2.24, 2.45) is 11.8 Å². The van der Waals surface area contributed by atoms with Gasteiger partial charge in [-0.05, 0) is 18.6 Å². The highest BCUT2D eigenvalue weighted by Gasteiger charge is 2.47. The third kappa shape index (κ3) is 2.72. The number of quaternary nitrogens is 1. The lowest BCUT2D eigenvalue weighted by atomic mass is 9.90. The minimum Gasteiger partial charge on any atom is -0.324 e. The Kier molecular flexibility index (Phi) is 3.81. The molecule has 1 N–H and O–H groups in total. The van der Waals surface area contributed by atoms with Gasteiger partial charge < -0.3 is 4.90 Å². The van der Waals surface area contributed by atoms with Gasteiger partial charge in [0, 0.05) is 11.8 Å². The number of para-hydroxylation sites is 1. The molecule has 112 valence electrons. The minimum absolute atomic E-state index is 0.0255. The van der Waals surface area contributed by atoms with Crippen LogP contribution in [0, 0.1) is 11.8 Å². The minimum atomic E-state index is -0.192. The van der Waals surface area contributed by atoms with E-state index in [1.807, 2.05) is 30.3 Å². The van der Waals surface area contributed by atoms with Gasteiger partial charge in [-0.25, -0.2) is 4.90 Å². The average molecular weight is 287 g/mol. The summed E-state index contributed by atoms with van der Waals surface area (Å²) in [6.07, 6.45) is 1.57. The number of nitrogens with one attached hydrogen (secondary N) is 1. The second-order valence-electron chi connectivity index (χ2n) is 6.67. The van der Waals surface area contributed by atoms with E-state index in [4.69, 9.17) is 0 Å². The molecule has 2 aliphatic rings. The van der Waals surface area contributed by atoms with Crippen LogP contribution >= 0.6 is 0 Å². The summed E-state index contributed by atoms with van der Waals surface area (Å²) >= 11 is 0. The van der Waals surface area contributed by atoms with Gasteiger partial charge in [-0.3, -0.25) is 9.59 Å². The van der Waals surface area contributed by atoms with Gasteiger partial charge >= 0.3 is 0 Å². The van der Waals surface area contributed by atoms with Crippen LogP contribution in [0.15, 0.2) is 30.3 Å². The van der Waals surface area contributed by atoms with Gasteiger partial charge in [-0.1, -0.05) is 32.0 Å². The lowest BCUT2D eigenvalue weighted by Gasteiger charge is -2.34. The Balaban J connectivity index is 1.80. The van der Waals surface area contributed by atoms with Crippen molar-refractivity contribution in [2.45, 2.75) is 32.7 Å². The summed E-state index contributed by atoms with van der Waals surface area (Å²) in [6.45, 7) is 6.48. The van der Waals surface area contributed by atoms with Crippen molar-refractivity contribution in [3.05, 3.63) is 30.3 Å². The summed E-state index contributed by atoms with van der Waals surface area (Å²) < 4.78 is 0. The van der Waals surface area contributed by atoms with Gasteiger partial charge in [-0.15, -0.1) is 0 Å². The quantitative estimate of drug-likeness (QED) is 0.821. The molecule has 3 rings (SSSR count). The molecular weight excluding hydrogens is 264 g/mol. The molecule has 2 amide bonds. The van der Waals surface area contributed by atoms with E-state index in [0.717, 1.165) is 13.1 Å². The molecule has 0 saturated carbocycles. The number of carbonyl (C=O) groups excluding carboxylic acids is 2. The highest BCUT2D eigenvalue weighted by Crippen LogP contribution is 2.22. The topological polar surface area (TPSA) is 41.8 Å². The van der Waals surface area contributed by atoms with Crippen molar-refractivity contribution in [2.75, 3.05) is 18.0 Å². The maximum Gasteiger partial charge on any atom is 0.292 e. The lowest BCUT2D eigenvalue weighted by molar-refractivity contribution is -0.926. The highest BCUT2D eigenvalue weighted by atomic mass is 16.2. The standard InChI is InChI=1S/C17H22N2O2/c1-12-8-13(2)11-18(10-12)15-9-16(20)19(17(15)21)14-6-4-3-5-7-14/h3-7,12-13,15H,8-11H2,1-2H3/p+1/t12-,13-,15+/m0/s1. The van der Waals surface area contributed by atoms with E-state index in [2.05, 4.69) is 13.8 Å². The lowest BCUT2D eigenvalue weighted by Crippen LogP contribution is -3.18. The second kappa shape index (κ2) is 5.60. The third-order valence-corrected chi connectivity index (χ3v) is 4.68. The zero-order chi connectivity index (χ0) is 15.0. The number of piperidine rings is 1. The summed E-state index contributed by atoms with van der Waals surface area (Å²) in [7, 11) is 0. The SMILES string of the molecule is C[C@H]1C[C@H](C)C[NH+]([C@@H]2CC(=O)N(c3ccccc3)C2=O)C1. The molecule has 4 nitrogen and oxygen atoms in total. The molecule has 0 unspecified atom stereocenters. The van der Waals surface area contributed by atoms with Crippen LogP contribution in [-0.4, -0.2) is 30.9 Å². The van der Waals surface area contributed by atoms with E-state index in [-0.39, 0.29) is 17.9 Å². The molecule has 2 fully saturated rings. The number of likely N-dealkylation sites (tertiary alicyclic amines) is 1. The Morgan fingerprint density at radius 2 is 1.67 bits per heavy atom.